The number of carbonyl (C=O) groups is 1. The number of fused-ring (bicyclic) bond motifs is 1. The highest BCUT2D eigenvalue weighted by Crippen LogP contribution is 2.32. The summed E-state index contributed by atoms with van der Waals surface area (Å²) >= 11 is 0. The molecule has 0 saturated carbocycles. The van der Waals surface area contributed by atoms with E-state index in [0.717, 1.165) is 12.8 Å². The smallest absolute Gasteiger partial charge is 0.337 e. The van der Waals surface area contributed by atoms with Crippen LogP contribution < -0.4 is 14.8 Å². The highest BCUT2D eigenvalue weighted by atomic mass is 16.5. The number of hydrogen-bond donors (Lipinski definition) is 1. The average molecular weight is 391 g/mol. The average Bonchev–Trinajstić information content (AvgIpc) is 3.15. The van der Waals surface area contributed by atoms with Crippen molar-refractivity contribution in [2.45, 2.75) is 18.9 Å². The quantitative estimate of drug-likeness (QED) is 0.642. The molecule has 2 aromatic carbocycles. The third-order valence-electron chi connectivity index (χ3n) is 4.84. The van der Waals surface area contributed by atoms with Crippen molar-refractivity contribution in [1.82, 2.24) is 9.97 Å². The van der Waals surface area contributed by atoms with E-state index in [2.05, 4.69) is 39.6 Å². The van der Waals surface area contributed by atoms with Crippen LogP contribution in [0.15, 0.2) is 54.9 Å². The lowest BCUT2D eigenvalue weighted by Crippen LogP contribution is -2.20. The van der Waals surface area contributed by atoms with E-state index in [1.807, 2.05) is 0 Å². The third-order valence-corrected chi connectivity index (χ3v) is 4.84. The minimum absolute atomic E-state index is 0.271. The number of benzene rings is 2. The van der Waals surface area contributed by atoms with E-state index in [-0.39, 0.29) is 6.04 Å². The van der Waals surface area contributed by atoms with Gasteiger partial charge in [0.05, 0.1) is 19.8 Å². The fraction of sp³-hybridized carbons (Fsp3) is 0.227. The molecule has 4 rings (SSSR count). The summed E-state index contributed by atoms with van der Waals surface area (Å²) in [6.45, 7) is 0. The summed E-state index contributed by atoms with van der Waals surface area (Å²) in [5, 5.41) is 3.44. The molecule has 1 heterocycles. The van der Waals surface area contributed by atoms with Crippen LogP contribution in [0.1, 0.15) is 21.5 Å². The third kappa shape index (κ3) is 4.13. The van der Waals surface area contributed by atoms with Crippen LogP contribution in [0.3, 0.4) is 0 Å². The van der Waals surface area contributed by atoms with Crippen molar-refractivity contribution >= 4 is 11.8 Å². The standard InChI is InChI=1S/C22H21N3O4/c1-27-18-8-7-16(22(26)28-2)11-19(18)29-21-12-20(23-13-24-21)25-17-9-14-5-3-4-6-15(14)10-17/h3-8,11-13,17H,9-10H2,1-2H3,(H,23,24,25). The monoisotopic (exact) mass is 391 g/mol. The molecule has 0 atom stereocenters. The summed E-state index contributed by atoms with van der Waals surface area (Å²) in [4.78, 5) is 20.3. The molecule has 1 N–H and O–H groups in total. The largest absolute Gasteiger partial charge is 0.493 e. The van der Waals surface area contributed by atoms with Crippen LogP contribution in [0.25, 0.3) is 0 Å². The Morgan fingerprint density at radius 2 is 1.76 bits per heavy atom. The van der Waals surface area contributed by atoms with Gasteiger partial charge in [0.2, 0.25) is 5.88 Å². The second-order valence-corrected chi connectivity index (χ2v) is 6.72. The second kappa shape index (κ2) is 8.18. The highest BCUT2D eigenvalue weighted by molar-refractivity contribution is 5.90. The normalized spacial score (nSPS) is 12.9. The Kier molecular flexibility index (Phi) is 5.29. The van der Waals surface area contributed by atoms with Gasteiger partial charge in [-0.15, -0.1) is 0 Å². The number of nitrogens with zero attached hydrogens (tertiary/aromatic N) is 2. The molecule has 0 fully saturated rings. The van der Waals surface area contributed by atoms with Crippen LogP contribution in [0.5, 0.6) is 17.4 Å². The predicted molar refractivity (Wildman–Crippen MR) is 108 cm³/mol. The Hall–Kier alpha value is -3.61. The van der Waals surface area contributed by atoms with Crippen molar-refractivity contribution < 1.29 is 19.0 Å². The van der Waals surface area contributed by atoms with Crippen LogP contribution in [-0.4, -0.2) is 36.2 Å². The summed E-state index contributed by atoms with van der Waals surface area (Å²) in [6, 6.07) is 15.3. The lowest BCUT2D eigenvalue weighted by molar-refractivity contribution is 0.0600. The summed E-state index contributed by atoms with van der Waals surface area (Å²) in [5.74, 6) is 1.42. The number of hydrogen-bond acceptors (Lipinski definition) is 7. The number of rotatable bonds is 6. The second-order valence-electron chi connectivity index (χ2n) is 6.72. The van der Waals surface area contributed by atoms with E-state index in [0.29, 0.717) is 28.8 Å². The molecule has 7 nitrogen and oxygen atoms in total. The lowest BCUT2D eigenvalue weighted by atomic mass is 10.1. The lowest BCUT2D eigenvalue weighted by Gasteiger charge is -2.14. The first-order chi connectivity index (χ1) is 14.2. The van der Waals surface area contributed by atoms with Gasteiger partial charge in [-0.1, -0.05) is 24.3 Å². The van der Waals surface area contributed by atoms with E-state index in [9.17, 15) is 4.79 Å². The first kappa shape index (κ1) is 18.7. The molecule has 0 spiro atoms. The summed E-state index contributed by atoms with van der Waals surface area (Å²) in [7, 11) is 2.86. The Labute approximate surface area is 168 Å². The first-order valence-electron chi connectivity index (χ1n) is 9.26. The molecule has 7 heteroatoms. The molecule has 0 amide bonds. The summed E-state index contributed by atoms with van der Waals surface area (Å²) in [5.41, 5.74) is 3.08. The Balaban J connectivity index is 1.50. The topological polar surface area (TPSA) is 82.6 Å². The number of carbonyl (C=O) groups excluding carboxylic acids is 1. The van der Waals surface area contributed by atoms with Gasteiger partial charge in [-0.25, -0.2) is 14.8 Å². The van der Waals surface area contributed by atoms with Gasteiger partial charge in [-0.3, -0.25) is 0 Å². The number of aromatic nitrogens is 2. The molecule has 1 aliphatic rings. The van der Waals surface area contributed by atoms with E-state index in [1.54, 1.807) is 24.3 Å². The maximum atomic E-state index is 11.8. The van der Waals surface area contributed by atoms with Crippen molar-refractivity contribution in [1.29, 1.82) is 0 Å². The van der Waals surface area contributed by atoms with Crippen molar-refractivity contribution in [2.75, 3.05) is 19.5 Å². The molecule has 148 valence electrons. The van der Waals surface area contributed by atoms with Crippen LogP contribution in [0.2, 0.25) is 0 Å². The van der Waals surface area contributed by atoms with Gasteiger partial charge in [0.1, 0.15) is 12.1 Å². The van der Waals surface area contributed by atoms with Crippen LogP contribution in [0.4, 0.5) is 5.82 Å². The van der Waals surface area contributed by atoms with Gasteiger partial charge in [-0.05, 0) is 42.2 Å². The van der Waals surface area contributed by atoms with E-state index < -0.39 is 5.97 Å². The molecule has 29 heavy (non-hydrogen) atoms. The number of methoxy groups -OCH3 is 2. The maximum absolute atomic E-state index is 11.8. The fourth-order valence-corrected chi connectivity index (χ4v) is 3.46. The molecular formula is C22H21N3O4. The number of esters is 1. The molecule has 0 aliphatic heterocycles. The van der Waals surface area contributed by atoms with E-state index in [1.165, 1.54) is 31.7 Å². The zero-order valence-corrected chi connectivity index (χ0v) is 16.2. The first-order valence-corrected chi connectivity index (χ1v) is 9.26. The SMILES string of the molecule is COC(=O)c1ccc(OC)c(Oc2cc(NC3Cc4ccccc4C3)ncn2)c1. The molecule has 0 radical (unpaired) electrons. The van der Waals surface area contributed by atoms with E-state index in [4.69, 9.17) is 14.2 Å². The molecule has 0 saturated heterocycles. The Morgan fingerprint density at radius 3 is 2.45 bits per heavy atom. The number of nitrogens with one attached hydrogen (secondary N) is 1. The summed E-state index contributed by atoms with van der Waals surface area (Å²) < 4.78 is 16.0. The van der Waals surface area contributed by atoms with Crippen molar-refractivity contribution in [3.63, 3.8) is 0 Å². The van der Waals surface area contributed by atoms with Gasteiger partial charge in [0.25, 0.3) is 0 Å². The maximum Gasteiger partial charge on any atom is 0.337 e. The molecule has 1 aliphatic carbocycles. The van der Waals surface area contributed by atoms with Gasteiger partial charge < -0.3 is 19.5 Å². The fourth-order valence-electron chi connectivity index (χ4n) is 3.46. The van der Waals surface area contributed by atoms with Crippen LogP contribution in [0, 0.1) is 0 Å². The molecule has 1 aromatic heterocycles. The number of anilines is 1. The van der Waals surface area contributed by atoms with Crippen LogP contribution >= 0.6 is 0 Å². The molecular weight excluding hydrogens is 370 g/mol. The molecule has 0 unspecified atom stereocenters. The van der Waals surface area contributed by atoms with Gasteiger partial charge in [0.15, 0.2) is 11.5 Å². The van der Waals surface area contributed by atoms with Crippen LogP contribution in [-0.2, 0) is 17.6 Å². The minimum atomic E-state index is -0.455. The zero-order valence-electron chi connectivity index (χ0n) is 16.2. The molecule has 0 bridgehead atoms. The van der Waals surface area contributed by atoms with Gasteiger partial charge in [-0.2, -0.15) is 0 Å². The minimum Gasteiger partial charge on any atom is -0.493 e. The number of ether oxygens (including phenoxy) is 3. The van der Waals surface area contributed by atoms with Crippen molar-refractivity contribution in [3.05, 3.63) is 71.5 Å². The highest BCUT2D eigenvalue weighted by Gasteiger charge is 2.21. The van der Waals surface area contributed by atoms with Gasteiger partial charge >= 0.3 is 5.97 Å². The molecule has 3 aromatic rings. The van der Waals surface area contributed by atoms with Crippen molar-refractivity contribution in [2.24, 2.45) is 0 Å². The predicted octanol–water partition coefficient (Wildman–Crippen LogP) is 3.64. The zero-order chi connectivity index (χ0) is 20.2. The van der Waals surface area contributed by atoms with Gasteiger partial charge in [0, 0.05) is 12.1 Å². The Morgan fingerprint density at radius 1 is 1.00 bits per heavy atom. The van der Waals surface area contributed by atoms with E-state index >= 15 is 0 Å². The summed E-state index contributed by atoms with van der Waals surface area (Å²) in [6.07, 6.45) is 3.34. The Bertz CT molecular complexity index is 1010. The van der Waals surface area contributed by atoms with Crippen molar-refractivity contribution in [3.8, 4) is 17.4 Å².